The zero-order valence-corrected chi connectivity index (χ0v) is 25.2. The maximum atomic E-state index is 12.2. The predicted molar refractivity (Wildman–Crippen MR) is 146 cm³/mol. The van der Waals surface area contributed by atoms with Gasteiger partial charge in [-0.15, -0.1) is 0 Å². The summed E-state index contributed by atoms with van der Waals surface area (Å²) in [6, 6.07) is 3.98. The highest BCUT2D eigenvalue weighted by molar-refractivity contribution is 7.49. The van der Waals surface area contributed by atoms with Gasteiger partial charge in [0, 0.05) is 12.8 Å². The summed E-state index contributed by atoms with van der Waals surface area (Å²) in [4.78, 5) is 16.5. The minimum Gasteiger partial charge on any atom is -0.464 e. The van der Waals surface area contributed by atoms with Crippen LogP contribution >= 0.6 is 8.38 Å². The molecular formula is C26H46N3O8P. The Hall–Kier alpha value is -1.72. The summed E-state index contributed by atoms with van der Waals surface area (Å²) in [7, 11) is -1.58. The molecule has 2 aromatic heterocycles. The molecule has 3 unspecified atom stereocenters. The Morgan fingerprint density at radius 1 is 1.21 bits per heavy atom. The lowest BCUT2D eigenvalue weighted by Gasteiger charge is -2.29. The number of aliphatic hydroxyl groups is 1. The van der Waals surface area contributed by atoms with Gasteiger partial charge < -0.3 is 33.1 Å². The molecule has 1 aliphatic rings. The fourth-order valence-corrected chi connectivity index (χ4v) is 4.86. The number of aryl methyl sites for hydroxylation is 2. The van der Waals surface area contributed by atoms with Crippen molar-refractivity contribution < 1.29 is 37.9 Å². The third kappa shape index (κ3) is 11.6. The van der Waals surface area contributed by atoms with Crippen LogP contribution in [0.1, 0.15) is 66.4 Å². The molecular weight excluding hydrogens is 513 g/mol. The largest absolute Gasteiger partial charge is 0.464 e. The lowest BCUT2D eigenvalue weighted by molar-refractivity contribution is -0.218. The van der Waals surface area contributed by atoms with Crippen LogP contribution < -0.4 is 0 Å². The van der Waals surface area contributed by atoms with Crippen LogP contribution in [0.2, 0.25) is 0 Å². The molecule has 0 amide bonds. The Labute approximate surface area is 228 Å². The number of hydrogen-bond acceptors (Lipinski definition) is 10. The molecule has 12 heteroatoms. The molecule has 1 aliphatic heterocycles. The number of fused-ring (bicyclic) bond motifs is 1. The van der Waals surface area contributed by atoms with E-state index in [9.17, 15) is 9.90 Å². The number of ether oxygens (including phenoxy) is 4. The Kier molecular flexibility index (Phi) is 16.1. The summed E-state index contributed by atoms with van der Waals surface area (Å²) in [5.74, 6) is -1.93. The van der Waals surface area contributed by atoms with Crippen molar-refractivity contribution >= 4 is 19.9 Å². The average molecular weight is 560 g/mol. The summed E-state index contributed by atoms with van der Waals surface area (Å²) in [5, 5.41) is 14.0. The number of nitrogens with zero attached hydrogens (tertiary/aromatic N) is 3. The van der Waals surface area contributed by atoms with Gasteiger partial charge in [-0.1, -0.05) is 13.8 Å². The average Bonchev–Trinajstić information content (AvgIpc) is 3.50. The van der Waals surface area contributed by atoms with E-state index < -0.39 is 26.0 Å². The normalized spacial score (nSPS) is 18.0. The van der Waals surface area contributed by atoms with Crippen molar-refractivity contribution in [1.82, 2.24) is 14.6 Å². The Morgan fingerprint density at radius 3 is 2.45 bits per heavy atom. The molecule has 1 saturated heterocycles. The van der Waals surface area contributed by atoms with Crippen molar-refractivity contribution in [1.29, 1.82) is 0 Å². The first kappa shape index (κ1) is 34.3. The molecule has 0 bridgehead atoms. The molecule has 0 radical (unpaired) electrons. The Balaban J connectivity index is 0.000000455. The van der Waals surface area contributed by atoms with Gasteiger partial charge in [-0.2, -0.15) is 5.10 Å². The highest BCUT2D eigenvalue weighted by atomic mass is 31.2. The topological polar surface area (TPSA) is 123 Å². The van der Waals surface area contributed by atoms with Crippen LogP contribution in [0.3, 0.4) is 0 Å². The lowest BCUT2D eigenvalue weighted by atomic mass is 10.2. The van der Waals surface area contributed by atoms with Crippen molar-refractivity contribution in [2.75, 3.05) is 33.0 Å². The second-order valence-corrected chi connectivity index (χ2v) is 10.00. The van der Waals surface area contributed by atoms with Gasteiger partial charge in [0.05, 0.1) is 43.7 Å². The number of aromatic nitrogens is 3. The molecule has 3 heterocycles. The fraction of sp³-hybridized carbons (Fsp3) is 0.731. The third-order valence-electron chi connectivity index (χ3n) is 4.88. The molecule has 2 aromatic rings. The summed E-state index contributed by atoms with van der Waals surface area (Å²) < 4.78 is 35.0. The molecule has 0 spiro atoms. The number of carbonyl (C=O) groups is 1. The van der Waals surface area contributed by atoms with Crippen molar-refractivity contribution in [2.45, 2.75) is 92.6 Å². The quantitative estimate of drug-likeness (QED) is 0.225. The second kappa shape index (κ2) is 17.8. The van der Waals surface area contributed by atoms with E-state index in [1.165, 1.54) is 0 Å². The monoisotopic (exact) mass is 559 g/mol. The molecule has 0 saturated carbocycles. The molecule has 0 aliphatic carbocycles. The van der Waals surface area contributed by atoms with E-state index in [0.717, 1.165) is 17.0 Å². The summed E-state index contributed by atoms with van der Waals surface area (Å²) >= 11 is 0. The lowest BCUT2D eigenvalue weighted by Crippen LogP contribution is -2.39. The molecule has 3 atom stereocenters. The first-order valence-corrected chi connectivity index (χ1v) is 14.5. The van der Waals surface area contributed by atoms with Gasteiger partial charge in [0.25, 0.3) is 0 Å². The van der Waals surface area contributed by atoms with E-state index >= 15 is 0 Å². The van der Waals surface area contributed by atoms with Crippen LogP contribution in [0.25, 0.3) is 5.52 Å². The van der Waals surface area contributed by atoms with Crippen molar-refractivity contribution in [3.63, 3.8) is 0 Å². The maximum absolute atomic E-state index is 12.2. The first-order chi connectivity index (χ1) is 18.1. The molecule has 11 nitrogen and oxygen atoms in total. The molecule has 218 valence electrons. The zero-order chi connectivity index (χ0) is 28.7. The summed E-state index contributed by atoms with van der Waals surface area (Å²) in [6.07, 6.45) is 1.88. The van der Waals surface area contributed by atoms with E-state index in [2.05, 4.69) is 10.1 Å². The van der Waals surface area contributed by atoms with Gasteiger partial charge in [-0.3, -0.25) is 0 Å². The number of carbonyl (C=O) groups excluding carboxylic acids is 1. The summed E-state index contributed by atoms with van der Waals surface area (Å²) in [5.41, 5.74) is 2.11. The maximum Gasteiger partial charge on any atom is 0.344 e. The van der Waals surface area contributed by atoms with Gasteiger partial charge >= 0.3 is 5.97 Å². The molecule has 1 fully saturated rings. The van der Waals surface area contributed by atoms with Gasteiger partial charge in [-0.05, 0) is 67.0 Å². The highest BCUT2D eigenvalue weighted by Gasteiger charge is 2.38. The second-order valence-electron chi connectivity index (χ2n) is 8.44. The minimum atomic E-state index is -1.58. The van der Waals surface area contributed by atoms with E-state index in [1.54, 1.807) is 20.8 Å². The van der Waals surface area contributed by atoms with E-state index in [1.807, 2.05) is 64.4 Å². The highest BCUT2D eigenvalue weighted by Crippen LogP contribution is 2.45. The zero-order valence-electron chi connectivity index (χ0n) is 24.3. The van der Waals surface area contributed by atoms with Crippen LogP contribution in [0, 0.1) is 13.8 Å². The number of hydrogen-bond donors (Lipinski definition) is 1. The summed E-state index contributed by atoms with van der Waals surface area (Å²) in [6.45, 7) is 18.0. The van der Waals surface area contributed by atoms with Crippen molar-refractivity contribution in [3.8, 4) is 0 Å². The molecule has 0 aromatic carbocycles. The van der Waals surface area contributed by atoms with E-state index in [0.29, 0.717) is 26.2 Å². The standard InChI is InChI=1S/C16H31O8P.C8H9N3.C2H6/c1-6-19-14(17)15(25(22-7-2)23-8-3)21-11-13-12(9-10-20-13)24-16(4,5)18;1-6-8-4-3-5-11(8)10-7(2)9-6;1-2/h12-13,15,18H,6-11H2,1-5H3;3-5H,1-2H3;1-2H3. The molecule has 1 N–H and O–H groups in total. The fourth-order valence-electron chi connectivity index (χ4n) is 3.56. The SMILES string of the molecule is CC.CCOC(=O)C(OCC1OCCC1OC(C)(C)O)P(OCC)OCC.Cc1nc(C)c2cccn2n1. The van der Waals surface area contributed by atoms with Crippen molar-refractivity contribution in [3.05, 3.63) is 29.8 Å². The van der Waals surface area contributed by atoms with Gasteiger partial charge in [0.2, 0.25) is 14.2 Å². The van der Waals surface area contributed by atoms with Crippen LogP contribution in [-0.4, -0.2) is 82.5 Å². The van der Waals surface area contributed by atoms with Crippen LogP contribution in [0.5, 0.6) is 0 Å². The van der Waals surface area contributed by atoms with Gasteiger partial charge in [0.15, 0.2) is 5.79 Å². The third-order valence-corrected chi connectivity index (χ3v) is 6.65. The van der Waals surface area contributed by atoms with E-state index in [4.69, 9.17) is 28.0 Å². The Bertz CT molecular complexity index is 931. The minimum absolute atomic E-state index is 0.114. The Morgan fingerprint density at radius 2 is 1.87 bits per heavy atom. The van der Waals surface area contributed by atoms with Crippen LogP contribution in [-0.2, 0) is 32.8 Å². The number of rotatable bonds is 12. The smallest absolute Gasteiger partial charge is 0.344 e. The molecule has 38 heavy (non-hydrogen) atoms. The van der Waals surface area contributed by atoms with Gasteiger partial charge in [-0.25, -0.2) is 14.3 Å². The number of esters is 1. The van der Waals surface area contributed by atoms with E-state index in [-0.39, 0.29) is 25.4 Å². The van der Waals surface area contributed by atoms with Crippen LogP contribution in [0.4, 0.5) is 0 Å². The predicted octanol–water partition coefficient (Wildman–Crippen LogP) is 4.55. The first-order valence-electron chi connectivity index (χ1n) is 13.2. The molecule has 3 rings (SSSR count). The van der Waals surface area contributed by atoms with Crippen molar-refractivity contribution in [2.24, 2.45) is 0 Å². The van der Waals surface area contributed by atoms with Gasteiger partial charge in [0.1, 0.15) is 11.9 Å². The van der Waals surface area contributed by atoms with Crippen LogP contribution in [0.15, 0.2) is 18.3 Å².